The first kappa shape index (κ1) is 34.5. The number of ether oxygens (including phenoxy) is 1. The van der Waals surface area contributed by atoms with Crippen LogP contribution in [-0.4, -0.2) is 83.5 Å². The summed E-state index contributed by atoms with van der Waals surface area (Å²) in [6.07, 6.45) is 4.21. The molecule has 11 nitrogen and oxygen atoms in total. The molecule has 0 aliphatic carbocycles. The van der Waals surface area contributed by atoms with Gasteiger partial charge in [0.15, 0.2) is 5.69 Å². The molecular weight excluding hydrogens is 544 g/mol. The van der Waals surface area contributed by atoms with Gasteiger partial charge < -0.3 is 26.0 Å². The highest BCUT2D eigenvalue weighted by Gasteiger charge is 2.41. The zero-order valence-electron chi connectivity index (χ0n) is 25.8. The van der Waals surface area contributed by atoms with Gasteiger partial charge in [0.2, 0.25) is 11.8 Å². The summed E-state index contributed by atoms with van der Waals surface area (Å²) in [5.41, 5.74) is 5.29. The smallest absolute Gasteiger partial charge is 0.357 e. The lowest BCUT2D eigenvalue weighted by Gasteiger charge is -2.35. The number of nitrogens with zero attached hydrogens (tertiary/aromatic N) is 3. The first-order valence-corrected chi connectivity index (χ1v) is 15.7. The second kappa shape index (κ2) is 16.1. The zero-order valence-corrected chi connectivity index (χ0v) is 26.6. The molecule has 1 aliphatic rings. The van der Waals surface area contributed by atoms with Crippen LogP contribution in [0.5, 0.6) is 0 Å². The molecule has 1 aromatic rings. The quantitative estimate of drug-likeness (QED) is 0.247. The van der Waals surface area contributed by atoms with Crippen molar-refractivity contribution < 1.29 is 23.9 Å². The van der Waals surface area contributed by atoms with Crippen LogP contribution in [0.4, 0.5) is 4.79 Å². The number of esters is 1. The third-order valence-corrected chi connectivity index (χ3v) is 9.21. The summed E-state index contributed by atoms with van der Waals surface area (Å²) >= 11 is 1.28. The molecular formula is C29H50N6O5S. The van der Waals surface area contributed by atoms with E-state index in [0.717, 1.165) is 38.8 Å². The molecule has 1 aromatic heterocycles. The lowest BCUT2D eigenvalue weighted by atomic mass is 9.92. The lowest BCUT2D eigenvalue weighted by Crippen LogP contribution is -2.52. The highest BCUT2D eigenvalue weighted by atomic mass is 32.1. The average Bonchev–Trinajstić information content (AvgIpc) is 3.56. The number of rotatable bonds is 16. The van der Waals surface area contributed by atoms with E-state index in [9.17, 15) is 19.2 Å². The van der Waals surface area contributed by atoms with Crippen LogP contribution in [0.2, 0.25) is 0 Å². The number of aromatic nitrogens is 1. The van der Waals surface area contributed by atoms with Gasteiger partial charge in [0, 0.05) is 31.4 Å². The number of nitrogens with two attached hydrogens (primary N) is 1. The van der Waals surface area contributed by atoms with Crippen LogP contribution in [0.25, 0.3) is 0 Å². The van der Waals surface area contributed by atoms with Crippen LogP contribution in [0.3, 0.4) is 0 Å². The van der Waals surface area contributed by atoms with Gasteiger partial charge in [0.25, 0.3) is 0 Å². The van der Waals surface area contributed by atoms with Gasteiger partial charge in [-0.1, -0.05) is 27.2 Å². The van der Waals surface area contributed by atoms with Gasteiger partial charge in [-0.25, -0.2) is 14.6 Å². The van der Waals surface area contributed by atoms with Crippen molar-refractivity contribution in [2.75, 3.05) is 33.3 Å². The molecule has 0 saturated carbocycles. The Morgan fingerprint density at radius 1 is 1.24 bits per heavy atom. The molecule has 0 spiro atoms. The van der Waals surface area contributed by atoms with Crippen LogP contribution >= 0.6 is 11.3 Å². The molecule has 12 heteroatoms. The Kier molecular flexibility index (Phi) is 13.5. The van der Waals surface area contributed by atoms with E-state index in [0.29, 0.717) is 24.4 Å². The van der Waals surface area contributed by atoms with Gasteiger partial charge in [-0.05, 0) is 71.4 Å². The number of urea groups is 1. The Hall–Kier alpha value is -2.73. The maximum Gasteiger partial charge on any atom is 0.357 e. The standard InChI is InChI=1S/C29H50N6O5S/c1-8-20(12-15-35-14-11-13-29(35,6)27(30)38)16-24(36)34(7)23(19(4)5)17-21(33-28(39)31-9-2)25-32-22(18-41-25)26(37)40-10-3/h18-21,23H,8-17H2,1-7H3,(H2,30,38)(H2,31,33,39)/t20-,21-,23-,29-/m1/s1. The molecule has 41 heavy (non-hydrogen) atoms. The molecule has 2 rings (SSSR count). The van der Waals surface area contributed by atoms with Crippen molar-refractivity contribution in [3.05, 3.63) is 16.1 Å². The minimum Gasteiger partial charge on any atom is -0.461 e. The highest BCUT2D eigenvalue weighted by molar-refractivity contribution is 7.09. The molecule has 4 atom stereocenters. The molecule has 1 aliphatic heterocycles. The monoisotopic (exact) mass is 594 g/mol. The third kappa shape index (κ3) is 9.39. The van der Waals surface area contributed by atoms with E-state index in [-0.39, 0.29) is 48.0 Å². The van der Waals surface area contributed by atoms with Crippen LogP contribution in [0.15, 0.2) is 5.38 Å². The van der Waals surface area contributed by atoms with Crippen LogP contribution in [-0.2, 0) is 14.3 Å². The van der Waals surface area contributed by atoms with E-state index >= 15 is 0 Å². The average molecular weight is 595 g/mol. The van der Waals surface area contributed by atoms with Gasteiger partial charge in [0.1, 0.15) is 5.01 Å². The summed E-state index contributed by atoms with van der Waals surface area (Å²) in [5, 5.41) is 7.95. The molecule has 1 fully saturated rings. The van der Waals surface area contributed by atoms with Crippen molar-refractivity contribution in [1.29, 1.82) is 0 Å². The Morgan fingerprint density at radius 2 is 1.95 bits per heavy atom. The molecule has 2 heterocycles. The number of carbonyl (C=O) groups excluding carboxylic acids is 4. The van der Waals surface area contributed by atoms with Gasteiger partial charge in [-0.2, -0.15) is 0 Å². The molecule has 0 radical (unpaired) electrons. The summed E-state index contributed by atoms with van der Waals surface area (Å²) in [5.74, 6) is -0.476. The van der Waals surface area contributed by atoms with Crippen molar-refractivity contribution in [2.24, 2.45) is 17.6 Å². The second-order valence-corrected chi connectivity index (χ2v) is 12.3. The predicted octanol–water partition coefficient (Wildman–Crippen LogP) is 3.70. The number of nitrogens with one attached hydrogen (secondary N) is 2. The van der Waals surface area contributed by atoms with Gasteiger partial charge >= 0.3 is 12.0 Å². The van der Waals surface area contributed by atoms with Crippen molar-refractivity contribution in [3.63, 3.8) is 0 Å². The van der Waals surface area contributed by atoms with Crippen molar-refractivity contribution in [1.82, 2.24) is 25.4 Å². The zero-order chi connectivity index (χ0) is 30.7. The Balaban J connectivity index is 2.14. The SMILES string of the molecule is CCNC(=O)N[C@H](C[C@H](C(C)C)N(C)C(=O)C[C@H](CC)CCN1CCC[C@]1(C)C(N)=O)c1nc(C(=O)OCC)cs1. The minimum absolute atomic E-state index is 0.0396. The first-order valence-electron chi connectivity index (χ1n) is 14.8. The molecule has 4 amide bonds. The fraction of sp³-hybridized carbons (Fsp3) is 0.759. The Morgan fingerprint density at radius 3 is 2.54 bits per heavy atom. The maximum atomic E-state index is 13.6. The molecule has 0 aromatic carbocycles. The number of likely N-dealkylation sites (tertiary alicyclic amines) is 1. The van der Waals surface area contributed by atoms with Gasteiger partial charge in [-0.15, -0.1) is 11.3 Å². The Bertz CT molecular complexity index is 1030. The number of hydrogen-bond acceptors (Lipinski definition) is 8. The largest absolute Gasteiger partial charge is 0.461 e. The topological polar surface area (TPSA) is 147 Å². The van der Waals surface area contributed by atoms with Crippen LogP contribution < -0.4 is 16.4 Å². The second-order valence-electron chi connectivity index (χ2n) is 11.4. The van der Waals surface area contributed by atoms with Crippen molar-refractivity contribution in [2.45, 2.75) is 97.7 Å². The minimum atomic E-state index is -0.614. The lowest BCUT2D eigenvalue weighted by molar-refractivity contribution is -0.134. The van der Waals surface area contributed by atoms with E-state index in [4.69, 9.17) is 10.5 Å². The summed E-state index contributed by atoms with van der Waals surface area (Å²) in [7, 11) is 1.82. The predicted molar refractivity (Wildman–Crippen MR) is 160 cm³/mol. The molecule has 0 unspecified atom stereocenters. The fourth-order valence-electron chi connectivity index (χ4n) is 5.48. The Labute approximate surface area is 248 Å². The van der Waals surface area contributed by atoms with E-state index < -0.39 is 17.6 Å². The van der Waals surface area contributed by atoms with Crippen LogP contribution in [0.1, 0.15) is 102 Å². The van der Waals surface area contributed by atoms with E-state index in [1.54, 1.807) is 17.2 Å². The van der Waals surface area contributed by atoms with Crippen LogP contribution in [0, 0.1) is 11.8 Å². The summed E-state index contributed by atoms with van der Waals surface area (Å²) < 4.78 is 5.08. The van der Waals surface area contributed by atoms with Crippen molar-refractivity contribution >= 4 is 35.2 Å². The molecule has 4 N–H and O–H groups in total. The normalized spacial score (nSPS) is 19.4. The number of primary amides is 1. The third-order valence-electron chi connectivity index (χ3n) is 8.25. The highest BCUT2D eigenvalue weighted by Crippen LogP contribution is 2.31. The number of amides is 4. The number of hydrogen-bond donors (Lipinski definition) is 3. The first-order chi connectivity index (χ1) is 19.4. The fourth-order valence-corrected chi connectivity index (χ4v) is 6.33. The maximum absolute atomic E-state index is 13.6. The van der Waals surface area contributed by atoms with E-state index in [1.165, 1.54) is 11.3 Å². The summed E-state index contributed by atoms with van der Waals surface area (Å²) in [6.45, 7) is 14.0. The van der Waals surface area contributed by atoms with Crippen molar-refractivity contribution in [3.8, 4) is 0 Å². The molecule has 1 saturated heterocycles. The van der Waals surface area contributed by atoms with Gasteiger partial charge in [0.05, 0.1) is 18.2 Å². The number of carbonyl (C=O) groups is 4. The van der Waals surface area contributed by atoms with E-state index in [1.807, 2.05) is 20.9 Å². The summed E-state index contributed by atoms with van der Waals surface area (Å²) in [6, 6.07) is -1.02. The summed E-state index contributed by atoms with van der Waals surface area (Å²) in [4.78, 5) is 58.8. The number of thiazole rings is 1. The van der Waals surface area contributed by atoms with Gasteiger partial charge in [-0.3, -0.25) is 14.5 Å². The molecule has 0 bridgehead atoms. The molecule has 232 valence electrons. The van der Waals surface area contributed by atoms with E-state index in [2.05, 4.69) is 41.3 Å².